The van der Waals surface area contributed by atoms with Gasteiger partial charge in [-0.1, -0.05) is 34.3 Å². The number of primary amides is 1. The number of amides is 3. The summed E-state index contributed by atoms with van der Waals surface area (Å²) in [5.41, 5.74) is 5.60. The third kappa shape index (κ3) is 6.69. The zero-order chi connectivity index (χ0) is 28.9. The fraction of sp³-hybridized carbons (Fsp3) is 0.222. The monoisotopic (exact) mass is 588 g/mol. The Morgan fingerprint density at radius 3 is 2.27 bits per heavy atom. The van der Waals surface area contributed by atoms with Crippen LogP contribution in [-0.4, -0.2) is 50.7 Å². The van der Waals surface area contributed by atoms with Crippen LogP contribution in [-0.2, 0) is 19.6 Å². The molecule has 1 aliphatic heterocycles. The van der Waals surface area contributed by atoms with E-state index in [9.17, 15) is 27.2 Å². The zero-order valence-electron chi connectivity index (χ0n) is 21.1. The molecule has 10 nitrogen and oxygen atoms in total. The van der Waals surface area contributed by atoms with Crippen LogP contribution in [0, 0.1) is 11.7 Å². The number of hydrogen-bond donors (Lipinski definition) is 2. The molecule has 0 aromatic heterocycles. The van der Waals surface area contributed by atoms with Gasteiger partial charge < -0.3 is 20.8 Å². The van der Waals surface area contributed by atoms with Gasteiger partial charge in [0.25, 0.3) is 15.9 Å². The van der Waals surface area contributed by atoms with Crippen LogP contribution in [0.25, 0.3) is 0 Å². The van der Waals surface area contributed by atoms with E-state index < -0.39 is 21.7 Å². The largest absolute Gasteiger partial charge is 0.369 e. The number of anilines is 1. The molecule has 0 unspecified atom stereocenters. The van der Waals surface area contributed by atoms with Gasteiger partial charge in [0.1, 0.15) is 5.82 Å². The molecule has 1 heterocycles. The van der Waals surface area contributed by atoms with Crippen molar-refractivity contribution in [1.29, 1.82) is 0 Å². The van der Waals surface area contributed by atoms with Gasteiger partial charge in [-0.3, -0.25) is 14.4 Å². The minimum atomic E-state index is -4.34. The Morgan fingerprint density at radius 1 is 1.02 bits per heavy atom. The fourth-order valence-corrected chi connectivity index (χ4v) is 5.54. The van der Waals surface area contributed by atoms with Crippen molar-refractivity contribution in [2.75, 3.05) is 24.1 Å². The third-order valence-corrected chi connectivity index (χ3v) is 8.21. The number of halogens is 2. The standard InChI is InChI=1S/C27H26ClFN4O6S/c28-23-16-20(29)8-11-24(23)39-33(21-4-2-1-3-5-21)40(37,38)22-9-6-19(7-10-22)27(36)31-17-25(34)32-14-12-18(13-15-32)26(30)35/h1-11,16,18H,12-15,17H2,(H2,30,35)(H,31,36). The van der Waals surface area contributed by atoms with Crippen molar-refractivity contribution < 1.29 is 32.0 Å². The topological polar surface area (TPSA) is 139 Å². The van der Waals surface area contributed by atoms with Crippen LogP contribution in [0.1, 0.15) is 23.2 Å². The molecule has 4 rings (SSSR count). The lowest BCUT2D eigenvalue weighted by atomic mass is 9.96. The second-order valence-electron chi connectivity index (χ2n) is 9.00. The van der Waals surface area contributed by atoms with Crippen molar-refractivity contribution in [2.24, 2.45) is 11.7 Å². The lowest BCUT2D eigenvalue weighted by Crippen LogP contribution is -2.45. The molecule has 210 valence electrons. The Morgan fingerprint density at radius 2 is 1.68 bits per heavy atom. The number of likely N-dealkylation sites (tertiary alicyclic amines) is 1. The molecule has 3 N–H and O–H groups in total. The van der Waals surface area contributed by atoms with E-state index in [1.807, 2.05) is 0 Å². The summed E-state index contributed by atoms with van der Waals surface area (Å²) in [5, 5.41) is 2.40. The maximum Gasteiger partial charge on any atom is 0.295 e. The molecule has 3 amide bonds. The Labute approximate surface area is 235 Å². The predicted molar refractivity (Wildman–Crippen MR) is 145 cm³/mol. The smallest absolute Gasteiger partial charge is 0.295 e. The maximum atomic E-state index is 13.6. The van der Waals surface area contributed by atoms with Crippen molar-refractivity contribution in [1.82, 2.24) is 10.2 Å². The molecule has 40 heavy (non-hydrogen) atoms. The van der Waals surface area contributed by atoms with Gasteiger partial charge in [0.05, 0.1) is 22.2 Å². The Bertz CT molecular complexity index is 1500. The van der Waals surface area contributed by atoms with Gasteiger partial charge in [-0.25, -0.2) is 4.39 Å². The summed E-state index contributed by atoms with van der Waals surface area (Å²) in [6.07, 6.45) is 0.948. The van der Waals surface area contributed by atoms with Crippen molar-refractivity contribution in [3.63, 3.8) is 0 Å². The van der Waals surface area contributed by atoms with Crippen molar-refractivity contribution in [2.45, 2.75) is 17.7 Å². The van der Waals surface area contributed by atoms with Crippen LogP contribution in [0.5, 0.6) is 5.75 Å². The number of piperidine rings is 1. The molecule has 3 aromatic rings. The Hall–Kier alpha value is -4.16. The van der Waals surface area contributed by atoms with Gasteiger partial charge in [0, 0.05) is 24.6 Å². The van der Waals surface area contributed by atoms with Gasteiger partial charge in [-0.15, -0.1) is 0 Å². The van der Waals surface area contributed by atoms with Crippen LogP contribution >= 0.6 is 11.6 Å². The van der Waals surface area contributed by atoms with E-state index in [2.05, 4.69) is 5.32 Å². The molecule has 0 aliphatic carbocycles. The van der Waals surface area contributed by atoms with E-state index in [1.54, 1.807) is 23.1 Å². The quantitative estimate of drug-likeness (QED) is 0.368. The molecule has 0 bridgehead atoms. The van der Waals surface area contributed by atoms with Crippen LogP contribution < -0.4 is 20.4 Å². The lowest BCUT2D eigenvalue weighted by molar-refractivity contribution is -0.133. The van der Waals surface area contributed by atoms with E-state index >= 15 is 0 Å². The van der Waals surface area contributed by atoms with Crippen molar-refractivity contribution in [3.05, 3.63) is 89.2 Å². The minimum Gasteiger partial charge on any atom is -0.369 e. The molecule has 3 aromatic carbocycles. The van der Waals surface area contributed by atoms with Crippen LogP contribution in [0.4, 0.5) is 10.1 Å². The van der Waals surface area contributed by atoms with Gasteiger partial charge in [-0.05, 0) is 67.4 Å². The van der Waals surface area contributed by atoms with Crippen LogP contribution in [0.15, 0.2) is 77.7 Å². The van der Waals surface area contributed by atoms with Crippen molar-refractivity contribution in [3.8, 4) is 5.75 Å². The number of hydrogen-bond acceptors (Lipinski definition) is 6. The molecule has 13 heteroatoms. The van der Waals surface area contributed by atoms with E-state index in [4.69, 9.17) is 22.2 Å². The lowest BCUT2D eigenvalue weighted by Gasteiger charge is -2.30. The number of sulfonamides is 1. The van der Waals surface area contributed by atoms with E-state index in [0.29, 0.717) is 30.4 Å². The summed E-state index contributed by atoms with van der Waals surface area (Å²) < 4.78 is 41.3. The van der Waals surface area contributed by atoms with E-state index in [1.165, 1.54) is 42.5 Å². The number of nitrogens with two attached hydrogens (primary N) is 1. The van der Waals surface area contributed by atoms with E-state index in [-0.39, 0.29) is 51.2 Å². The molecule has 0 atom stereocenters. The first kappa shape index (κ1) is 28.8. The zero-order valence-corrected chi connectivity index (χ0v) is 22.7. The highest BCUT2D eigenvalue weighted by Crippen LogP contribution is 2.31. The number of para-hydroxylation sites is 1. The molecule has 0 radical (unpaired) electrons. The molecule has 1 saturated heterocycles. The normalized spacial score (nSPS) is 13.9. The Balaban J connectivity index is 1.45. The van der Waals surface area contributed by atoms with Gasteiger partial charge in [-0.2, -0.15) is 8.42 Å². The first-order valence-corrected chi connectivity index (χ1v) is 14.1. The predicted octanol–water partition coefficient (Wildman–Crippen LogP) is 3.12. The first-order valence-electron chi connectivity index (χ1n) is 12.2. The highest BCUT2D eigenvalue weighted by atomic mass is 35.5. The molecule has 1 fully saturated rings. The third-order valence-electron chi connectivity index (χ3n) is 6.33. The fourth-order valence-electron chi connectivity index (χ4n) is 4.09. The Kier molecular flexibility index (Phi) is 8.90. The summed E-state index contributed by atoms with van der Waals surface area (Å²) in [7, 11) is -4.34. The second-order valence-corrected chi connectivity index (χ2v) is 11.2. The van der Waals surface area contributed by atoms with Crippen molar-refractivity contribution >= 4 is 45.0 Å². The number of carbonyl (C=O) groups is 3. The number of carbonyl (C=O) groups excluding carboxylic acids is 3. The number of nitrogens with zero attached hydrogens (tertiary/aromatic N) is 2. The number of rotatable bonds is 9. The van der Waals surface area contributed by atoms with Gasteiger partial charge >= 0.3 is 0 Å². The first-order chi connectivity index (χ1) is 19.1. The van der Waals surface area contributed by atoms with Crippen LogP contribution in [0.3, 0.4) is 0 Å². The molecule has 0 saturated carbocycles. The summed E-state index contributed by atoms with van der Waals surface area (Å²) in [6, 6.07) is 16.3. The molecular formula is C27H26ClFN4O6S. The summed E-state index contributed by atoms with van der Waals surface area (Å²) in [5.74, 6) is -2.22. The molecular weight excluding hydrogens is 563 g/mol. The van der Waals surface area contributed by atoms with Gasteiger partial charge in [0.15, 0.2) is 5.75 Å². The second kappa shape index (κ2) is 12.3. The SMILES string of the molecule is NC(=O)C1CCN(C(=O)CNC(=O)c2ccc(S(=O)(=O)N(Oc3ccc(F)cc3Cl)c3ccccc3)cc2)CC1. The minimum absolute atomic E-state index is 0.0880. The average Bonchev–Trinajstić information content (AvgIpc) is 2.95. The highest BCUT2D eigenvalue weighted by molar-refractivity contribution is 7.92. The highest BCUT2D eigenvalue weighted by Gasteiger charge is 2.29. The maximum absolute atomic E-state index is 13.6. The number of nitrogens with one attached hydrogen (secondary N) is 1. The summed E-state index contributed by atoms with van der Waals surface area (Å²) in [6.45, 7) is 0.490. The van der Waals surface area contributed by atoms with E-state index in [0.717, 1.165) is 12.1 Å². The van der Waals surface area contributed by atoms with Gasteiger partial charge in [0.2, 0.25) is 11.8 Å². The summed E-state index contributed by atoms with van der Waals surface area (Å²) >= 11 is 6.06. The molecule has 0 spiro atoms. The average molecular weight is 589 g/mol. The summed E-state index contributed by atoms with van der Waals surface area (Å²) in [4.78, 5) is 43.4. The molecule has 1 aliphatic rings. The number of benzene rings is 3. The van der Waals surface area contributed by atoms with Crippen LogP contribution in [0.2, 0.25) is 5.02 Å².